The summed E-state index contributed by atoms with van der Waals surface area (Å²) < 4.78 is 1.90. The number of rotatable bonds is 2. The van der Waals surface area contributed by atoms with E-state index in [0.717, 1.165) is 19.4 Å². The minimum atomic E-state index is -0.285. The minimum Gasteiger partial charge on any atom is -0.295 e. The van der Waals surface area contributed by atoms with Gasteiger partial charge in [0.05, 0.1) is 6.04 Å². The first-order valence-electron chi connectivity index (χ1n) is 3.17. The molecular formula is C6H8INO2. The largest absolute Gasteiger partial charge is 0.295 e. The molecule has 1 rings (SSSR count). The molecule has 1 atom stereocenters. The summed E-state index contributed by atoms with van der Waals surface area (Å²) in [6.07, 6.45) is 2.27. The zero-order valence-corrected chi connectivity index (χ0v) is 7.58. The first-order valence-corrected chi connectivity index (χ1v) is 4.13. The third kappa shape index (κ3) is 1.54. The van der Waals surface area contributed by atoms with Crippen molar-refractivity contribution in [2.45, 2.75) is 18.9 Å². The van der Waals surface area contributed by atoms with Crippen molar-refractivity contribution in [1.29, 1.82) is 0 Å². The van der Waals surface area contributed by atoms with Gasteiger partial charge in [-0.15, -0.1) is 0 Å². The van der Waals surface area contributed by atoms with Crippen LogP contribution in [0.1, 0.15) is 12.8 Å². The highest BCUT2D eigenvalue weighted by molar-refractivity contribution is 14.1. The number of Topliss-reactive ketones (excluding diaryl/α,β-unsaturated/α-hetero) is 1. The van der Waals surface area contributed by atoms with E-state index in [1.165, 1.54) is 0 Å². The van der Waals surface area contributed by atoms with E-state index in [0.29, 0.717) is 6.29 Å². The van der Waals surface area contributed by atoms with Gasteiger partial charge in [-0.1, -0.05) is 0 Å². The van der Waals surface area contributed by atoms with Crippen LogP contribution in [0.5, 0.6) is 0 Å². The molecule has 56 valence electrons. The lowest BCUT2D eigenvalue weighted by Gasteiger charge is -2.11. The molecule has 0 aromatic carbocycles. The molecule has 0 bridgehead atoms. The molecule has 10 heavy (non-hydrogen) atoms. The van der Waals surface area contributed by atoms with E-state index in [1.807, 2.05) is 3.11 Å². The van der Waals surface area contributed by atoms with Gasteiger partial charge >= 0.3 is 0 Å². The van der Waals surface area contributed by atoms with Crippen molar-refractivity contribution in [1.82, 2.24) is 3.11 Å². The van der Waals surface area contributed by atoms with Crippen LogP contribution in [0.15, 0.2) is 0 Å². The molecule has 0 aliphatic carbocycles. The predicted molar refractivity (Wildman–Crippen MR) is 44.8 cm³/mol. The molecule has 0 amide bonds. The average Bonchev–Trinajstić information content (AvgIpc) is 2.34. The maximum absolute atomic E-state index is 10.8. The molecule has 1 heterocycles. The summed E-state index contributed by atoms with van der Waals surface area (Å²) in [5.41, 5.74) is 0. The highest BCUT2D eigenvalue weighted by Gasteiger charge is 2.28. The highest BCUT2D eigenvalue weighted by Crippen LogP contribution is 2.20. The highest BCUT2D eigenvalue weighted by atomic mass is 127. The van der Waals surface area contributed by atoms with E-state index in [4.69, 9.17) is 0 Å². The van der Waals surface area contributed by atoms with Gasteiger partial charge in [0.2, 0.25) is 5.78 Å². The van der Waals surface area contributed by atoms with Crippen molar-refractivity contribution >= 4 is 34.9 Å². The van der Waals surface area contributed by atoms with E-state index in [2.05, 4.69) is 22.9 Å². The van der Waals surface area contributed by atoms with Crippen LogP contribution < -0.4 is 0 Å². The summed E-state index contributed by atoms with van der Waals surface area (Å²) >= 11 is 2.09. The molecule has 1 fully saturated rings. The van der Waals surface area contributed by atoms with Crippen molar-refractivity contribution in [3.63, 3.8) is 0 Å². The van der Waals surface area contributed by atoms with Crippen LogP contribution in [0.3, 0.4) is 0 Å². The third-order valence-electron chi connectivity index (χ3n) is 1.63. The SMILES string of the molecule is O=CC(=O)C1CCCN1I. The lowest BCUT2D eigenvalue weighted by molar-refractivity contribution is -0.131. The Labute approximate surface area is 73.3 Å². The summed E-state index contributed by atoms with van der Waals surface area (Å²) in [5.74, 6) is -0.285. The Morgan fingerprint density at radius 1 is 1.70 bits per heavy atom. The number of aldehydes is 1. The maximum Gasteiger partial charge on any atom is 0.213 e. The van der Waals surface area contributed by atoms with Crippen LogP contribution in [0.2, 0.25) is 0 Å². The Bertz CT molecular complexity index is 160. The van der Waals surface area contributed by atoms with Crippen molar-refractivity contribution in [3.05, 3.63) is 0 Å². The lowest BCUT2D eigenvalue weighted by Crippen LogP contribution is -2.29. The van der Waals surface area contributed by atoms with Gasteiger partial charge in [0.25, 0.3) is 0 Å². The molecule has 0 radical (unpaired) electrons. The van der Waals surface area contributed by atoms with Crippen LogP contribution in [0.25, 0.3) is 0 Å². The topological polar surface area (TPSA) is 37.4 Å². The fourth-order valence-electron chi connectivity index (χ4n) is 1.09. The van der Waals surface area contributed by atoms with Gasteiger partial charge in [0.1, 0.15) is 0 Å². The normalized spacial score (nSPS) is 26.7. The van der Waals surface area contributed by atoms with Gasteiger partial charge in [0.15, 0.2) is 6.29 Å². The number of ketones is 1. The lowest BCUT2D eigenvalue weighted by atomic mass is 10.1. The van der Waals surface area contributed by atoms with Gasteiger partial charge in [-0.05, 0) is 12.8 Å². The molecule has 0 spiro atoms. The zero-order valence-electron chi connectivity index (χ0n) is 5.42. The van der Waals surface area contributed by atoms with Gasteiger partial charge in [0, 0.05) is 29.4 Å². The molecule has 4 heteroatoms. The van der Waals surface area contributed by atoms with Crippen molar-refractivity contribution in [2.24, 2.45) is 0 Å². The second kappa shape index (κ2) is 3.43. The molecule has 0 saturated carbocycles. The summed E-state index contributed by atoms with van der Waals surface area (Å²) in [5, 5.41) is 0. The Hall–Kier alpha value is 0.0300. The number of carbonyl (C=O) groups excluding carboxylic acids is 2. The fourth-order valence-corrected chi connectivity index (χ4v) is 1.98. The smallest absolute Gasteiger partial charge is 0.213 e. The fraction of sp³-hybridized carbons (Fsp3) is 0.667. The third-order valence-corrected chi connectivity index (χ3v) is 2.79. The Morgan fingerprint density at radius 3 is 2.80 bits per heavy atom. The standard InChI is InChI=1S/C6H8INO2/c7-8-3-1-2-5(8)6(10)4-9/h4-5H,1-3H2. The molecule has 0 N–H and O–H groups in total. The Morgan fingerprint density at radius 2 is 2.40 bits per heavy atom. The number of halogens is 1. The summed E-state index contributed by atoms with van der Waals surface area (Å²) in [7, 11) is 0. The Kier molecular flexibility index (Phi) is 2.79. The second-order valence-corrected chi connectivity index (χ2v) is 3.54. The predicted octanol–water partition coefficient (Wildman–Crippen LogP) is 0.569. The van der Waals surface area contributed by atoms with Crippen LogP contribution in [0.4, 0.5) is 0 Å². The first-order chi connectivity index (χ1) is 4.75. The van der Waals surface area contributed by atoms with E-state index in [-0.39, 0.29) is 11.8 Å². The summed E-state index contributed by atoms with van der Waals surface area (Å²) in [4.78, 5) is 20.9. The zero-order chi connectivity index (χ0) is 7.56. The number of carbonyl (C=O) groups is 2. The Balaban J connectivity index is 2.54. The number of hydrogen-bond donors (Lipinski definition) is 0. The average molecular weight is 253 g/mol. The summed E-state index contributed by atoms with van der Waals surface area (Å²) in [6, 6.07) is -0.141. The van der Waals surface area contributed by atoms with Crippen molar-refractivity contribution in [3.8, 4) is 0 Å². The molecule has 1 saturated heterocycles. The molecule has 1 aliphatic heterocycles. The molecular weight excluding hydrogens is 245 g/mol. The van der Waals surface area contributed by atoms with E-state index < -0.39 is 0 Å². The maximum atomic E-state index is 10.8. The van der Waals surface area contributed by atoms with Crippen LogP contribution >= 0.6 is 22.9 Å². The molecule has 1 unspecified atom stereocenters. The molecule has 0 aromatic heterocycles. The molecule has 1 aliphatic rings. The van der Waals surface area contributed by atoms with Gasteiger partial charge in [-0.2, -0.15) is 0 Å². The van der Waals surface area contributed by atoms with E-state index >= 15 is 0 Å². The number of nitrogens with zero attached hydrogens (tertiary/aromatic N) is 1. The van der Waals surface area contributed by atoms with Crippen molar-refractivity contribution in [2.75, 3.05) is 6.54 Å². The monoisotopic (exact) mass is 253 g/mol. The number of hydrogen-bond acceptors (Lipinski definition) is 3. The van der Waals surface area contributed by atoms with Crippen molar-refractivity contribution < 1.29 is 9.59 Å². The van der Waals surface area contributed by atoms with Gasteiger partial charge < -0.3 is 0 Å². The van der Waals surface area contributed by atoms with Crippen LogP contribution in [-0.2, 0) is 9.59 Å². The molecule has 3 nitrogen and oxygen atoms in total. The summed E-state index contributed by atoms with van der Waals surface area (Å²) in [6.45, 7) is 0.921. The minimum absolute atomic E-state index is 0.141. The van der Waals surface area contributed by atoms with Gasteiger partial charge in [-0.25, -0.2) is 3.11 Å². The first kappa shape index (κ1) is 8.13. The van der Waals surface area contributed by atoms with E-state index in [1.54, 1.807) is 0 Å². The second-order valence-electron chi connectivity index (χ2n) is 2.30. The van der Waals surface area contributed by atoms with Crippen LogP contribution in [-0.4, -0.2) is 27.8 Å². The molecule has 0 aromatic rings. The van der Waals surface area contributed by atoms with Crippen LogP contribution in [0, 0.1) is 0 Å². The van der Waals surface area contributed by atoms with Gasteiger partial charge in [-0.3, -0.25) is 9.59 Å². The van der Waals surface area contributed by atoms with E-state index in [9.17, 15) is 9.59 Å². The quantitative estimate of drug-likeness (QED) is 0.312.